The van der Waals surface area contributed by atoms with Crippen molar-refractivity contribution in [2.24, 2.45) is 0 Å². The summed E-state index contributed by atoms with van der Waals surface area (Å²) in [6.07, 6.45) is 0. The number of carbonyl (C=O) groups is 3. The number of sulfonamides is 1. The lowest BCUT2D eigenvalue weighted by atomic mass is 10.1. The number of nitrogens with one attached hydrogen (secondary N) is 1. The van der Waals surface area contributed by atoms with E-state index < -0.39 is 40.2 Å². The third-order valence-electron chi connectivity index (χ3n) is 5.47. The lowest BCUT2D eigenvalue weighted by Crippen LogP contribution is -2.27. The quantitative estimate of drug-likeness (QED) is 0.308. The molecule has 9 nitrogen and oxygen atoms in total. The number of carbonyl (C=O) groups excluding carboxylic acids is 3. The van der Waals surface area contributed by atoms with Gasteiger partial charge in [0.15, 0.2) is 6.61 Å². The fraction of sp³-hybridized carbons (Fsp3) is 0.240. The molecule has 1 N–H and O–H groups in total. The lowest BCUT2D eigenvalue weighted by molar-refractivity contribution is 0.0472. The molecule has 1 aromatic heterocycles. The largest absolute Gasteiger partial charge is 0.462 e. The van der Waals surface area contributed by atoms with Gasteiger partial charge in [0, 0.05) is 18.4 Å². The number of aromatic amines is 1. The summed E-state index contributed by atoms with van der Waals surface area (Å²) in [5.41, 5.74) is 0.826. The molecule has 0 aliphatic rings. The van der Waals surface area contributed by atoms with Crippen LogP contribution in [-0.2, 0) is 19.5 Å². The van der Waals surface area contributed by atoms with E-state index in [1.165, 1.54) is 31.3 Å². The highest BCUT2D eigenvalue weighted by Gasteiger charge is 2.28. The van der Waals surface area contributed by atoms with E-state index in [0.29, 0.717) is 11.4 Å². The van der Waals surface area contributed by atoms with Crippen molar-refractivity contribution >= 4 is 45.0 Å². The molecule has 2 aromatic carbocycles. The molecule has 0 bridgehead atoms. The number of ether oxygens (including phenoxy) is 2. The molecular formula is C25H24ClFN2O7S. The number of aryl methyl sites for hydroxylation is 2. The number of esters is 2. The van der Waals surface area contributed by atoms with E-state index in [-0.39, 0.29) is 38.9 Å². The van der Waals surface area contributed by atoms with Gasteiger partial charge in [-0.15, -0.1) is 0 Å². The van der Waals surface area contributed by atoms with Crippen molar-refractivity contribution in [3.63, 3.8) is 0 Å². The Kier molecular flexibility index (Phi) is 8.39. The number of benzene rings is 2. The average molecular weight is 551 g/mol. The molecule has 3 rings (SSSR count). The number of halogens is 2. The normalized spacial score (nSPS) is 11.2. The van der Waals surface area contributed by atoms with Gasteiger partial charge in [0.1, 0.15) is 5.82 Å². The molecule has 0 amide bonds. The fourth-order valence-electron chi connectivity index (χ4n) is 3.64. The number of aromatic nitrogens is 1. The van der Waals surface area contributed by atoms with Gasteiger partial charge in [0.25, 0.3) is 10.0 Å². The van der Waals surface area contributed by atoms with E-state index in [4.69, 9.17) is 21.1 Å². The van der Waals surface area contributed by atoms with Crippen LogP contribution in [0.2, 0.25) is 5.02 Å². The molecular weight excluding hydrogens is 527 g/mol. The minimum atomic E-state index is -4.15. The van der Waals surface area contributed by atoms with E-state index in [1.54, 1.807) is 20.8 Å². The molecule has 0 saturated heterocycles. The van der Waals surface area contributed by atoms with Gasteiger partial charge in [-0.3, -0.25) is 9.10 Å². The summed E-state index contributed by atoms with van der Waals surface area (Å²) in [6.45, 7) is 4.21. The van der Waals surface area contributed by atoms with E-state index in [9.17, 15) is 27.2 Å². The summed E-state index contributed by atoms with van der Waals surface area (Å²) in [5, 5.41) is -0.0956. The van der Waals surface area contributed by atoms with Crippen molar-refractivity contribution in [2.45, 2.75) is 25.7 Å². The number of anilines is 1. The minimum absolute atomic E-state index is 0.0344. The molecule has 0 unspecified atom stereocenters. The molecule has 12 heteroatoms. The van der Waals surface area contributed by atoms with E-state index >= 15 is 0 Å². The van der Waals surface area contributed by atoms with E-state index in [2.05, 4.69) is 4.98 Å². The van der Waals surface area contributed by atoms with Gasteiger partial charge in [-0.25, -0.2) is 22.4 Å². The maximum Gasteiger partial charge on any atom is 0.340 e. The summed E-state index contributed by atoms with van der Waals surface area (Å²) < 4.78 is 50.4. The third kappa shape index (κ3) is 5.83. The van der Waals surface area contributed by atoms with Crippen molar-refractivity contribution in [1.82, 2.24) is 4.98 Å². The second-order valence-electron chi connectivity index (χ2n) is 7.94. The van der Waals surface area contributed by atoms with Crippen LogP contribution < -0.4 is 4.31 Å². The Labute approximate surface area is 218 Å². The highest BCUT2D eigenvalue weighted by Crippen LogP contribution is 2.27. The molecule has 0 atom stereocenters. The molecule has 37 heavy (non-hydrogen) atoms. The Morgan fingerprint density at radius 1 is 0.973 bits per heavy atom. The van der Waals surface area contributed by atoms with Crippen LogP contribution >= 0.6 is 11.6 Å². The van der Waals surface area contributed by atoms with Gasteiger partial charge < -0.3 is 14.5 Å². The van der Waals surface area contributed by atoms with Crippen molar-refractivity contribution < 1.29 is 36.7 Å². The molecule has 0 fully saturated rings. The zero-order chi connectivity index (χ0) is 27.5. The standard InChI is InChI=1S/C25H24ClFN2O7S/c1-5-35-25(32)23-15(3)28-14(2)22(23)21(30)13-36-24(31)19-12-18(10-11-20(19)26)37(33,34)29(4)17-8-6-16(27)7-9-17/h6-12,28H,5,13H2,1-4H3. The highest BCUT2D eigenvalue weighted by molar-refractivity contribution is 7.92. The molecule has 0 aliphatic carbocycles. The summed E-state index contributed by atoms with van der Waals surface area (Å²) in [6, 6.07) is 8.26. The van der Waals surface area contributed by atoms with Gasteiger partial charge in [0.05, 0.1) is 38.9 Å². The highest BCUT2D eigenvalue weighted by atomic mass is 35.5. The zero-order valence-corrected chi connectivity index (χ0v) is 22.0. The second-order valence-corrected chi connectivity index (χ2v) is 10.3. The Morgan fingerprint density at radius 2 is 1.59 bits per heavy atom. The number of Topliss-reactive ketones (excluding diaryl/α,β-unsaturated/α-hetero) is 1. The summed E-state index contributed by atoms with van der Waals surface area (Å²) >= 11 is 6.12. The summed E-state index contributed by atoms with van der Waals surface area (Å²) in [4.78, 5) is 40.6. The third-order valence-corrected chi connectivity index (χ3v) is 7.59. The van der Waals surface area contributed by atoms with Crippen LogP contribution in [0.5, 0.6) is 0 Å². The topological polar surface area (TPSA) is 123 Å². The van der Waals surface area contributed by atoms with Gasteiger partial charge in [0.2, 0.25) is 5.78 Å². The molecule has 3 aromatic rings. The van der Waals surface area contributed by atoms with Crippen LogP contribution in [-0.4, -0.2) is 51.4 Å². The van der Waals surface area contributed by atoms with Crippen molar-refractivity contribution in [3.8, 4) is 0 Å². The van der Waals surface area contributed by atoms with E-state index in [1.807, 2.05) is 0 Å². The number of ketones is 1. The second kappa shape index (κ2) is 11.1. The van der Waals surface area contributed by atoms with Gasteiger partial charge >= 0.3 is 11.9 Å². The number of H-pyrrole nitrogens is 1. The Balaban J connectivity index is 1.83. The molecule has 1 heterocycles. The summed E-state index contributed by atoms with van der Waals surface area (Å²) in [5.74, 6) is -2.91. The first-order valence-electron chi connectivity index (χ1n) is 11.0. The number of nitrogens with zero attached hydrogens (tertiary/aromatic N) is 1. The predicted octanol–water partition coefficient (Wildman–Crippen LogP) is 4.47. The molecule has 0 spiro atoms. The zero-order valence-electron chi connectivity index (χ0n) is 20.4. The van der Waals surface area contributed by atoms with Gasteiger partial charge in [-0.05, 0) is 63.2 Å². The predicted molar refractivity (Wildman–Crippen MR) is 134 cm³/mol. The van der Waals surface area contributed by atoms with Crippen LogP contribution in [0.4, 0.5) is 10.1 Å². The maximum atomic E-state index is 13.2. The van der Waals surface area contributed by atoms with Crippen LogP contribution in [0.3, 0.4) is 0 Å². The lowest BCUT2D eigenvalue weighted by Gasteiger charge is -2.20. The fourth-order valence-corrected chi connectivity index (χ4v) is 5.06. The SMILES string of the molecule is CCOC(=O)c1c(C)[nH]c(C)c1C(=O)COC(=O)c1cc(S(=O)(=O)N(C)c2ccc(F)cc2)ccc1Cl. The smallest absolute Gasteiger partial charge is 0.340 e. The maximum absolute atomic E-state index is 13.2. The van der Waals surface area contributed by atoms with Crippen molar-refractivity contribution in [2.75, 3.05) is 24.6 Å². The summed E-state index contributed by atoms with van der Waals surface area (Å²) in [7, 11) is -2.88. The van der Waals surface area contributed by atoms with Crippen molar-refractivity contribution in [1.29, 1.82) is 0 Å². The monoisotopic (exact) mass is 550 g/mol. The number of hydrogen-bond donors (Lipinski definition) is 1. The first kappa shape index (κ1) is 27.9. The van der Waals surface area contributed by atoms with Crippen LogP contribution in [0.1, 0.15) is 49.4 Å². The molecule has 196 valence electrons. The van der Waals surface area contributed by atoms with Gasteiger partial charge in [-0.1, -0.05) is 11.6 Å². The van der Waals surface area contributed by atoms with Gasteiger partial charge in [-0.2, -0.15) is 0 Å². The van der Waals surface area contributed by atoms with Crippen LogP contribution in [0, 0.1) is 19.7 Å². The Bertz CT molecular complexity index is 1470. The Morgan fingerprint density at radius 3 is 2.22 bits per heavy atom. The average Bonchev–Trinajstić information content (AvgIpc) is 3.16. The van der Waals surface area contributed by atoms with Crippen molar-refractivity contribution in [3.05, 3.63) is 81.4 Å². The molecule has 0 saturated carbocycles. The Hall–Kier alpha value is -3.70. The first-order valence-corrected chi connectivity index (χ1v) is 12.8. The molecule has 0 radical (unpaired) electrons. The number of rotatable bonds is 9. The number of hydrogen-bond acceptors (Lipinski definition) is 7. The van der Waals surface area contributed by atoms with Crippen LogP contribution in [0.25, 0.3) is 0 Å². The molecule has 0 aliphatic heterocycles. The van der Waals surface area contributed by atoms with Crippen LogP contribution in [0.15, 0.2) is 47.4 Å². The first-order chi connectivity index (χ1) is 17.4. The van der Waals surface area contributed by atoms with E-state index in [0.717, 1.165) is 22.5 Å². The minimum Gasteiger partial charge on any atom is -0.462 e.